The van der Waals surface area contributed by atoms with E-state index in [0.29, 0.717) is 6.42 Å². The molecule has 0 spiro atoms. The molecule has 76 valence electrons. The number of hydrogen-bond donors (Lipinski definition) is 1. The minimum Gasteiger partial charge on any atom is -0.328 e. The summed E-state index contributed by atoms with van der Waals surface area (Å²) in [7, 11) is 1.84. The zero-order valence-corrected chi connectivity index (χ0v) is 8.49. The average Bonchev–Trinajstić information content (AvgIpc) is 2.07. The van der Waals surface area contributed by atoms with E-state index in [4.69, 9.17) is 5.73 Å². The Labute approximate surface area is 79.6 Å². The van der Waals surface area contributed by atoms with E-state index in [1.807, 2.05) is 14.0 Å². The molecule has 1 amide bonds. The summed E-state index contributed by atoms with van der Waals surface area (Å²) in [5.41, 5.74) is 5.66. The first-order valence-electron chi connectivity index (χ1n) is 4.88. The van der Waals surface area contributed by atoms with Crippen LogP contribution in [0.15, 0.2) is 0 Å². The molecule has 1 unspecified atom stereocenters. The van der Waals surface area contributed by atoms with Gasteiger partial charge in [0.2, 0.25) is 5.91 Å². The van der Waals surface area contributed by atoms with Crippen LogP contribution in [0.25, 0.3) is 0 Å². The zero-order valence-electron chi connectivity index (χ0n) is 8.49. The number of carbonyl (C=O) groups is 1. The summed E-state index contributed by atoms with van der Waals surface area (Å²) in [4.78, 5) is 11.3. The fourth-order valence-corrected chi connectivity index (χ4v) is 1.50. The van der Waals surface area contributed by atoms with E-state index in [1.54, 1.807) is 5.01 Å². The van der Waals surface area contributed by atoms with Crippen LogP contribution in [0.1, 0.15) is 26.2 Å². The summed E-state index contributed by atoms with van der Waals surface area (Å²) < 4.78 is 0. The number of amides is 1. The Kier molecular flexibility index (Phi) is 3.69. The van der Waals surface area contributed by atoms with E-state index < -0.39 is 0 Å². The molecule has 1 fully saturated rings. The number of carbonyl (C=O) groups excluding carboxylic acids is 1. The average molecular weight is 185 g/mol. The van der Waals surface area contributed by atoms with Crippen molar-refractivity contribution in [2.75, 3.05) is 20.1 Å². The van der Waals surface area contributed by atoms with E-state index in [2.05, 4.69) is 5.01 Å². The molecule has 0 bridgehead atoms. The van der Waals surface area contributed by atoms with Gasteiger partial charge in [-0.1, -0.05) is 0 Å². The van der Waals surface area contributed by atoms with Gasteiger partial charge in [-0.3, -0.25) is 9.80 Å². The minimum atomic E-state index is 0.213. The lowest BCUT2D eigenvalue weighted by atomic mass is 10.2. The maximum atomic E-state index is 11.3. The minimum absolute atomic E-state index is 0.213. The van der Waals surface area contributed by atoms with Crippen molar-refractivity contribution in [2.45, 2.75) is 32.2 Å². The Hall–Kier alpha value is -0.610. The number of nitrogens with two attached hydrogens (primary N) is 1. The maximum absolute atomic E-state index is 11.3. The van der Waals surface area contributed by atoms with E-state index in [-0.39, 0.29) is 11.9 Å². The van der Waals surface area contributed by atoms with Gasteiger partial charge in [-0.05, 0) is 19.8 Å². The van der Waals surface area contributed by atoms with Crippen molar-refractivity contribution in [1.29, 1.82) is 0 Å². The smallest absolute Gasteiger partial charge is 0.236 e. The van der Waals surface area contributed by atoms with Crippen molar-refractivity contribution in [3.05, 3.63) is 0 Å². The number of nitrogens with zero attached hydrogens (tertiary/aromatic N) is 2. The first-order chi connectivity index (χ1) is 6.11. The molecular formula is C9H19N3O. The standard InChI is InChI=1S/C9H19N3O/c1-8(10)5-7-12-6-3-4-9(13)11(12)2/h8H,3-7,10H2,1-2H3. The van der Waals surface area contributed by atoms with Crippen LogP contribution in [0.4, 0.5) is 0 Å². The summed E-state index contributed by atoms with van der Waals surface area (Å²) in [6, 6.07) is 0.213. The third-order valence-corrected chi connectivity index (χ3v) is 2.43. The van der Waals surface area contributed by atoms with Gasteiger partial charge in [0, 0.05) is 32.6 Å². The van der Waals surface area contributed by atoms with Crippen LogP contribution in [-0.2, 0) is 4.79 Å². The molecular weight excluding hydrogens is 166 g/mol. The van der Waals surface area contributed by atoms with Gasteiger partial charge in [-0.2, -0.15) is 0 Å². The van der Waals surface area contributed by atoms with Crippen LogP contribution >= 0.6 is 0 Å². The van der Waals surface area contributed by atoms with Crippen LogP contribution in [0, 0.1) is 0 Å². The summed E-state index contributed by atoms with van der Waals surface area (Å²) in [5, 5.41) is 3.81. The topological polar surface area (TPSA) is 49.6 Å². The molecule has 4 heteroatoms. The van der Waals surface area contributed by atoms with Crippen LogP contribution in [0.3, 0.4) is 0 Å². The van der Waals surface area contributed by atoms with E-state index in [0.717, 1.165) is 25.9 Å². The number of hydrogen-bond acceptors (Lipinski definition) is 3. The molecule has 13 heavy (non-hydrogen) atoms. The third-order valence-electron chi connectivity index (χ3n) is 2.43. The van der Waals surface area contributed by atoms with Crippen molar-refractivity contribution < 1.29 is 4.79 Å². The molecule has 1 rings (SSSR count). The second-order valence-electron chi connectivity index (χ2n) is 3.74. The van der Waals surface area contributed by atoms with Gasteiger partial charge in [0.1, 0.15) is 0 Å². The predicted molar refractivity (Wildman–Crippen MR) is 51.8 cm³/mol. The number of rotatable bonds is 3. The molecule has 1 atom stereocenters. The molecule has 0 aliphatic carbocycles. The van der Waals surface area contributed by atoms with Crippen LogP contribution in [-0.4, -0.2) is 42.1 Å². The molecule has 1 heterocycles. The highest BCUT2D eigenvalue weighted by Crippen LogP contribution is 2.10. The molecule has 4 nitrogen and oxygen atoms in total. The molecule has 0 aromatic heterocycles. The molecule has 1 aliphatic rings. The second kappa shape index (κ2) is 4.58. The first-order valence-corrected chi connectivity index (χ1v) is 4.88. The highest BCUT2D eigenvalue weighted by Gasteiger charge is 2.21. The monoisotopic (exact) mass is 185 g/mol. The molecule has 1 aliphatic heterocycles. The van der Waals surface area contributed by atoms with Gasteiger partial charge in [0.25, 0.3) is 0 Å². The molecule has 1 saturated heterocycles. The van der Waals surface area contributed by atoms with Gasteiger partial charge in [-0.25, -0.2) is 5.01 Å². The quantitative estimate of drug-likeness (QED) is 0.683. The lowest BCUT2D eigenvalue weighted by molar-refractivity contribution is -0.151. The van der Waals surface area contributed by atoms with Gasteiger partial charge < -0.3 is 5.73 Å². The lowest BCUT2D eigenvalue weighted by Crippen LogP contribution is -2.49. The van der Waals surface area contributed by atoms with Crippen molar-refractivity contribution in [3.63, 3.8) is 0 Å². The van der Waals surface area contributed by atoms with Crippen LogP contribution < -0.4 is 5.73 Å². The first kappa shape index (κ1) is 10.5. The van der Waals surface area contributed by atoms with E-state index in [1.165, 1.54) is 0 Å². The van der Waals surface area contributed by atoms with Gasteiger partial charge in [-0.15, -0.1) is 0 Å². The van der Waals surface area contributed by atoms with Crippen molar-refractivity contribution >= 4 is 5.91 Å². The van der Waals surface area contributed by atoms with Gasteiger partial charge in [0.15, 0.2) is 0 Å². The van der Waals surface area contributed by atoms with Crippen molar-refractivity contribution in [1.82, 2.24) is 10.0 Å². The summed E-state index contributed by atoms with van der Waals surface area (Å²) in [6.45, 7) is 3.86. The summed E-state index contributed by atoms with van der Waals surface area (Å²) >= 11 is 0. The Morgan fingerprint density at radius 3 is 2.92 bits per heavy atom. The van der Waals surface area contributed by atoms with Gasteiger partial charge >= 0.3 is 0 Å². The zero-order chi connectivity index (χ0) is 9.84. The fourth-order valence-electron chi connectivity index (χ4n) is 1.50. The fraction of sp³-hybridized carbons (Fsp3) is 0.889. The maximum Gasteiger partial charge on any atom is 0.236 e. The lowest BCUT2D eigenvalue weighted by Gasteiger charge is -2.36. The summed E-state index contributed by atoms with van der Waals surface area (Å²) in [6.07, 6.45) is 2.60. The molecule has 2 N–H and O–H groups in total. The largest absolute Gasteiger partial charge is 0.328 e. The van der Waals surface area contributed by atoms with Crippen molar-refractivity contribution in [2.24, 2.45) is 5.73 Å². The van der Waals surface area contributed by atoms with Crippen molar-refractivity contribution in [3.8, 4) is 0 Å². The highest BCUT2D eigenvalue weighted by atomic mass is 16.2. The van der Waals surface area contributed by atoms with Gasteiger partial charge in [0.05, 0.1) is 0 Å². The van der Waals surface area contributed by atoms with Crippen LogP contribution in [0.5, 0.6) is 0 Å². The summed E-state index contributed by atoms with van der Waals surface area (Å²) in [5.74, 6) is 0.218. The number of hydrazine groups is 1. The normalized spacial score (nSPS) is 22.1. The molecule has 0 aromatic carbocycles. The highest BCUT2D eigenvalue weighted by molar-refractivity contribution is 5.75. The Bertz CT molecular complexity index is 182. The Balaban J connectivity index is 2.35. The second-order valence-corrected chi connectivity index (χ2v) is 3.74. The van der Waals surface area contributed by atoms with E-state index >= 15 is 0 Å². The van der Waals surface area contributed by atoms with E-state index in [9.17, 15) is 4.79 Å². The molecule has 0 aromatic rings. The SMILES string of the molecule is CC(N)CCN1CCCC(=O)N1C. The Morgan fingerprint density at radius 1 is 1.62 bits per heavy atom. The third kappa shape index (κ3) is 2.97. The van der Waals surface area contributed by atoms with Crippen LogP contribution in [0.2, 0.25) is 0 Å². The Morgan fingerprint density at radius 2 is 2.31 bits per heavy atom. The predicted octanol–water partition coefficient (Wildman–Crippen LogP) is 0.193. The molecule has 0 saturated carbocycles. The molecule has 0 radical (unpaired) electrons.